The van der Waals surface area contributed by atoms with E-state index in [2.05, 4.69) is 28.4 Å². The summed E-state index contributed by atoms with van der Waals surface area (Å²) in [6.45, 7) is 3.22. The van der Waals surface area contributed by atoms with Crippen LogP contribution in [0.3, 0.4) is 0 Å². The van der Waals surface area contributed by atoms with Gasteiger partial charge in [-0.1, -0.05) is 0 Å². The minimum Gasteiger partial charge on any atom is -0.370 e. The van der Waals surface area contributed by atoms with Crippen LogP contribution in [-0.4, -0.2) is 21.3 Å². The highest BCUT2D eigenvalue weighted by Gasteiger charge is 2.19. The lowest BCUT2D eigenvalue weighted by Crippen LogP contribution is -2.21. The number of rotatable bonds is 0. The average Bonchev–Trinajstić information content (AvgIpc) is 2.59. The molecule has 1 aliphatic rings. The zero-order chi connectivity index (χ0) is 9.54. The maximum Gasteiger partial charge on any atom is 0.183 e. The van der Waals surface area contributed by atoms with Gasteiger partial charge in [0, 0.05) is 12.7 Å². The molecule has 1 N–H and O–H groups in total. The molecule has 72 valence electrons. The second-order valence-electron chi connectivity index (χ2n) is 3.73. The van der Waals surface area contributed by atoms with E-state index in [0.29, 0.717) is 6.04 Å². The molecule has 1 unspecified atom stereocenters. The summed E-state index contributed by atoms with van der Waals surface area (Å²) in [5.74, 6) is 1.12. The van der Waals surface area contributed by atoms with Crippen molar-refractivity contribution >= 4 is 16.9 Å². The topological polar surface area (TPSA) is 42.7 Å². The summed E-state index contributed by atoms with van der Waals surface area (Å²) >= 11 is 0. The van der Waals surface area contributed by atoms with E-state index >= 15 is 0 Å². The van der Waals surface area contributed by atoms with Gasteiger partial charge in [0.15, 0.2) is 5.65 Å². The standard InChI is InChI=1S/C10H12N4/c1-7-4-6-12-10-8-3-2-5-11-9(8)13-14(7)10/h2-3,5,7,12H,4,6H2,1H3. The molecule has 0 aliphatic carbocycles. The second-order valence-corrected chi connectivity index (χ2v) is 3.73. The minimum absolute atomic E-state index is 0.473. The predicted molar refractivity (Wildman–Crippen MR) is 55.3 cm³/mol. The Morgan fingerprint density at radius 1 is 1.57 bits per heavy atom. The molecule has 0 radical (unpaired) electrons. The van der Waals surface area contributed by atoms with E-state index in [0.717, 1.165) is 29.8 Å². The SMILES string of the molecule is CC1CCNc2c3cccnc3nn21. The zero-order valence-corrected chi connectivity index (χ0v) is 8.07. The van der Waals surface area contributed by atoms with Crippen molar-refractivity contribution in [3.05, 3.63) is 18.3 Å². The molecular formula is C10H12N4. The number of nitrogens with zero attached hydrogens (tertiary/aromatic N) is 3. The molecule has 0 bridgehead atoms. The second kappa shape index (κ2) is 2.70. The van der Waals surface area contributed by atoms with E-state index in [1.807, 2.05) is 10.7 Å². The Labute approximate surface area is 81.9 Å². The van der Waals surface area contributed by atoms with Gasteiger partial charge in [-0.25, -0.2) is 9.67 Å². The molecule has 4 nitrogen and oxygen atoms in total. The van der Waals surface area contributed by atoms with Gasteiger partial charge in [0.1, 0.15) is 5.82 Å². The average molecular weight is 188 g/mol. The highest BCUT2D eigenvalue weighted by molar-refractivity contribution is 5.87. The number of fused-ring (bicyclic) bond motifs is 3. The molecule has 0 saturated heterocycles. The number of nitrogens with one attached hydrogen (secondary N) is 1. The Morgan fingerprint density at radius 3 is 3.43 bits per heavy atom. The van der Waals surface area contributed by atoms with Crippen molar-refractivity contribution in [1.82, 2.24) is 14.8 Å². The summed E-state index contributed by atoms with van der Waals surface area (Å²) in [5, 5.41) is 8.98. The van der Waals surface area contributed by atoms with Crippen LogP contribution in [0.2, 0.25) is 0 Å². The molecule has 14 heavy (non-hydrogen) atoms. The molecule has 0 spiro atoms. The Morgan fingerprint density at radius 2 is 2.50 bits per heavy atom. The van der Waals surface area contributed by atoms with Gasteiger partial charge in [-0.15, -0.1) is 0 Å². The summed E-state index contributed by atoms with van der Waals surface area (Å²) < 4.78 is 2.04. The van der Waals surface area contributed by atoms with Crippen molar-refractivity contribution in [2.45, 2.75) is 19.4 Å². The van der Waals surface area contributed by atoms with Gasteiger partial charge >= 0.3 is 0 Å². The third kappa shape index (κ3) is 0.937. The van der Waals surface area contributed by atoms with Crippen molar-refractivity contribution < 1.29 is 0 Å². The van der Waals surface area contributed by atoms with E-state index in [9.17, 15) is 0 Å². The maximum absolute atomic E-state index is 4.48. The van der Waals surface area contributed by atoms with E-state index < -0.39 is 0 Å². The van der Waals surface area contributed by atoms with Crippen LogP contribution in [-0.2, 0) is 0 Å². The van der Waals surface area contributed by atoms with Crippen LogP contribution in [0, 0.1) is 0 Å². The van der Waals surface area contributed by atoms with Gasteiger partial charge in [0.2, 0.25) is 0 Å². The van der Waals surface area contributed by atoms with Gasteiger partial charge in [-0.2, -0.15) is 5.10 Å². The summed E-state index contributed by atoms with van der Waals surface area (Å²) in [5.41, 5.74) is 0.837. The van der Waals surface area contributed by atoms with Crippen LogP contribution in [0.25, 0.3) is 11.0 Å². The fourth-order valence-electron chi connectivity index (χ4n) is 1.95. The lowest BCUT2D eigenvalue weighted by Gasteiger charge is -2.22. The summed E-state index contributed by atoms with van der Waals surface area (Å²) in [7, 11) is 0. The first kappa shape index (κ1) is 7.79. The predicted octanol–water partition coefficient (Wildman–Crippen LogP) is 1.81. The molecule has 1 atom stereocenters. The lowest BCUT2D eigenvalue weighted by atomic mass is 10.2. The fourth-order valence-corrected chi connectivity index (χ4v) is 1.95. The fraction of sp³-hybridized carbons (Fsp3) is 0.400. The largest absolute Gasteiger partial charge is 0.370 e. The first-order chi connectivity index (χ1) is 6.86. The Balaban J connectivity index is 2.32. The van der Waals surface area contributed by atoms with E-state index in [1.54, 1.807) is 6.20 Å². The first-order valence-electron chi connectivity index (χ1n) is 4.93. The van der Waals surface area contributed by atoms with Crippen LogP contribution in [0.15, 0.2) is 18.3 Å². The lowest BCUT2D eigenvalue weighted by molar-refractivity contribution is 0.456. The summed E-state index contributed by atoms with van der Waals surface area (Å²) in [6.07, 6.45) is 2.91. The smallest absolute Gasteiger partial charge is 0.183 e. The molecule has 2 aromatic rings. The van der Waals surface area contributed by atoms with Crippen molar-refractivity contribution in [2.24, 2.45) is 0 Å². The quantitative estimate of drug-likeness (QED) is 0.685. The monoisotopic (exact) mass is 188 g/mol. The van der Waals surface area contributed by atoms with Gasteiger partial charge < -0.3 is 5.32 Å². The molecule has 3 heterocycles. The Bertz CT molecular complexity index is 474. The van der Waals surface area contributed by atoms with E-state index in [-0.39, 0.29) is 0 Å². The van der Waals surface area contributed by atoms with Crippen LogP contribution >= 0.6 is 0 Å². The van der Waals surface area contributed by atoms with Crippen LogP contribution < -0.4 is 5.32 Å². The van der Waals surface area contributed by atoms with Crippen LogP contribution in [0.4, 0.5) is 5.82 Å². The van der Waals surface area contributed by atoms with Gasteiger partial charge in [-0.3, -0.25) is 0 Å². The van der Waals surface area contributed by atoms with Crippen molar-refractivity contribution in [2.75, 3.05) is 11.9 Å². The molecule has 0 saturated carbocycles. The van der Waals surface area contributed by atoms with Gasteiger partial charge in [0.05, 0.1) is 11.4 Å². The minimum atomic E-state index is 0.473. The van der Waals surface area contributed by atoms with Gasteiger partial charge in [0.25, 0.3) is 0 Å². The van der Waals surface area contributed by atoms with Crippen molar-refractivity contribution in [3.63, 3.8) is 0 Å². The molecule has 0 fully saturated rings. The molecule has 0 aromatic carbocycles. The number of anilines is 1. The third-order valence-corrected chi connectivity index (χ3v) is 2.75. The number of pyridine rings is 1. The van der Waals surface area contributed by atoms with Crippen LogP contribution in [0.1, 0.15) is 19.4 Å². The number of aromatic nitrogens is 3. The Hall–Kier alpha value is -1.58. The molecule has 1 aliphatic heterocycles. The zero-order valence-electron chi connectivity index (χ0n) is 8.07. The maximum atomic E-state index is 4.48. The number of hydrogen-bond donors (Lipinski definition) is 1. The Kier molecular flexibility index (Phi) is 1.50. The van der Waals surface area contributed by atoms with Crippen molar-refractivity contribution in [3.8, 4) is 0 Å². The van der Waals surface area contributed by atoms with Gasteiger partial charge in [-0.05, 0) is 25.5 Å². The molecule has 4 heteroatoms. The van der Waals surface area contributed by atoms with E-state index in [4.69, 9.17) is 0 Å². The molecular weight excluding hydrogens is 176 g/mol. The summed E-state index contributed by atoms with van der Waals surface area (Å²) in [4.78, 5) is 4.25. The van der Waals surface area contributed by atoms with Crippen molar-refractivity contribution in [1.29, 1.82) is 0 Å². The summed E-state index contributed by atoms with van der Waals surface area (Å²) in [6, 6.07) is 4.48. The highest BCUT2D eigenvalue weighted by Crippen LogP contribution is 2.29. The van der Waals surface area contributed by atoms with E-state index in [1.165, 1.54) is 0 Å². The first-order valence-corrected chi connectivity index (χ1v) is 4.93. The highest BCUT2D eigenvalue weighted by atomic mass is 15.4. The third-order valence-electron chi connectivity index (χ3n) is 2.75. The molecule has 3 rings (SSSR count). The number of hydrogen-bond acceptors (Lipinski definition) is 3. The van der Waals surface area contributed by atoms with Crippen LogP contribution in [0.5, 0.6) is 0 Å². The molecule has 0 amide bonds. The molecule has 2 aromatic heterocycles. The normalized spacial score (nSPS) is 20.5.